The second-order valence-corrected chi connectivity index (χ2v) is 5.64. The molecule has 4 aromatic rings. The first kappa shape index (κ1) is 12.4. The van der Waals surface area contributed by atoms with Gasteiger partial charge >= 0.3 is 0 Å². The summed E-state index contributed by atoms with van der Waals surface area (Å²) in [5.41, 5.74) is 2.69. The maximum atomic E-state index is 2.42. The Morgan fingerprint density at radius 3 is 2.00 bits per heavy atom. The molecule has 0 amide bonds. The van der Waals surface area contributed by atoms with Crippen LogP contribution < -0.4 is 4.57 Å². The molecule has 3 aromatic carbocycles. The quantitative estimate of drug-likeness (QED) is 0.365. The van der Waals surface area contributed by atoms with E-state index in [1.54, 1.807) is 0 Å². The number of aryl methyl sites for hydroxylation is 2. The molecule has 0 radical (unpaired) electrons. The van der Waals surface area contributed by atoms with Crippen molar-refractivity contribution in [3.8, 4) is 0 Å². The van der Waals surface area contributed by atoms with Crippen LogP contribution in [0.25, 0.3) is 32.6 Å². The number of benzene rings is 3. The van der Waals surface area contributed by atoms with Gasteiger partial charge in [-0.1, -0.05) is 36.4 Å². The predicted octanol–water partition coefficient (Wildman–Crippen LogP) is 4.10. The van der Waals surface area contributed by atoms with Crippen molar-refractivity contribution >= 4 is 32.6 Å². The first-order valence-electron chi connectivity index (χ1n) is 7.52. The third kappa shape index (κ3) is 1.50. The molecule has 2 heteroatoms. The van der Waals surface area contributed by atoms with Crippen molar-refractivity contribution in [1.82, 2.24) is 4.57 Å². The Kier molecular flexibility index (Phi) is 2.55. The molecule has 21 heavy (non-hydrogen) atoms. The fourth-order valence-corrected chi connectivity index (χ4v) is 3.61. The average Bonchev–Trinajstić information content (AvgIpc) is 2.79. The number of rotatable bonds is 1. The van der Waals surface area contributed by atoms with Gasteiger partial charge in [-0.05, 0) is 29.8 Å². The van der Waals surface area contributed by atoms with Crippen molar-refractivity contribution < 1.29 is 4.57 Å². The van der Waals surface area contributed by atoms with E-state index in [9.17, 15) is 0 Å². The van der Waals surface area contributed by atoms with Gasteiger partial charge in [0.05, 0.1) is 13.6 Å². The van der Waals surface area contributed by atoms with Gasteiger partial charge in [-0.25, -0.2) is 9.13 Å². The molecule has 0 bridgehead atoms. The Morgan fingerprint density at radius 2 is 1.38 bits per heavy atom. The Balaban J connectivity index is 2.46. The van der Waals surface area contributed by atoms with E-state index in [-0.39, 0.29) is 0 Å². The third-order valence-electron chi connectivity index (χ3n) is 4.68. The highest BCUT2D eigenvalue weighted by Crippen LogP contribution is 2.34. The average molecular weight is 275 g/mol. The first-order valence-corrected chi connectivity index (χ1v) is 7.52. The van der Waals surface area contributed by atoms with Gasteiger partial charge in [0.2, 0.25) is 0 Å². The van der Waals surface area contributed by atoms with Gasteiger partial charge in [-0.3, -0.25) is 0 Å². The highest BCUT2D eigenvalue weighted by atomic mass is 15.1. The Hall–Kier alpha value is -2.35. The van der Waals surface area contributed by atoms with E-state index in [1.807, 2.05) is 0 Å². The SMILES string of the molecule is CCn1c(C)[n+](C)c2c3ccccc3c3ccccc3c21. The smallest absolute Gasteiger partial charge is 0.230 e. The Morgan fingerprint density at radius 1 is 0.857 bits per heavy atom. The number of nitrogens with zero attached hydrogens (tertiary/aromatic N) is 2. The van der Waals surface area contributed by atoms with E-state index < -0.39 is 0 Å². The lowest BCUT2D eigenvalue weighted by atomic mass is 10.00. The molecule has 1 heterocycles. The zero-order valence-corrected chi connectivity index (χ0v) is 12.7. The third-order valence-corrected chi connectivity index (χ3v) is 4.68. The fourth-order valence-electron chi connectivity index (χ4n) is 3.61. The van der Waals surface area contributed by atoms with E-state index >= 15 is 0 Å². The van der Waals surface area contributed by atoms with Gasteiger partial charge in [0.1, 0.15) is 0 Å². The standard InChI is InChI=1S/C19H19N2/c1-4-21-13(2)20(3)18-16-11-7-5-9-14(16)15-10-6-8-12-17(15)19(18)21/h5-12H,4H2,1-3H3/q+1. The molecule has 104 valence electrons. The second-order valence-electron chi connectivity index (χ2n) is 5.64. The highest BCUT2D eigenvalue weighted by molar-refractivity contribution is 6.22. The zero-order chi connectivity index (χ0) is 14.6. The number of hydrogen-bond donors (Lipinski definition) is 0. The normalized spacial score (nSPS) is 11.8. The molecule has 0 aliphatic rings. The molecule has 0 atom stereocenters. The molecule has 0 unspecified atom stereocenters. The Labute approximate surface area is 124 Å². The molecule has 1 aromatic heterocycles. The van der Waals surface area contributed by atoms with E-state index in [0.717, 1.165) is 6.54 Å². The van der Waals surface area contributed by atoms with Crippen molar-refractivity contribution in [2.24, 2.45) is 7.05 Å². The molecule has 4 rings (SSSR count). The van der Waals surface area contributed by atoms with Crippen LogP contribution in [0.3, 0.4) is 0 Å². The molecule has 0 spiro atoms. The summed E-state index contributed by atoms with van der Waals surface area (Å²) in [5.74, 6) is 1.30. The molecule has 2 nitrogen and oxygen atoms in total. The minimum absolute atomic E-state index is 0.992. The van der Waals surface area contributed by atoms with E-state index in [2.05, 4.69) is 78.6 Å². The molecule has 0 fully saturated rings. The van der Waals surface area contributed by atoms with Crippen LogP contribution in [0.2, 0.25) is 0 Å². The van der Waals surface area contributed by atoms with Crippen LogP contribution in [0.1, 0.15) is 12.7 Å². The number of hydrogen-bond acceptors (Lipinski definition) is 0. The molecule has 0 saturated carbocycles. The van der Waals surface area contributed by atoms with Crippen LogP contribution in [0.15, 0.2) is 48.5 Å². The number of aromatic nitrogens is 2. The fraction of sp³-hybridized carbons (Fsp3) is 0.211. The lowest BCUT2D eigenvalue weighted by Crippen LogP contribution is -2.31. The maximum absolute atomic E-state index is 2.42. The summed E-state index contributed by atoms with van der Waals surface area (Å²) in [5, 5.41) is 5.36. The van der Waals surface area contributed by atoms with E-state index in [0.29, 0.717) is 0 Å². The molecular formula is C19H19N2+. The van der Waals surface area contributed by atoms with Crippen LogP contribution in [-0.4, -0.2) is 4.57 Å². The molecule has 0 aliphatic heterocycles. The zero-order valence-electron chi connectivity index (χ0n) is 12.7. The van der Waals surface area contributed by atoms with E-state index in [1.165, 1.54) is 38.4 Å². The summed E-state index contributed by atoms with van der Waals surface area (Å²) in [6.45, 7) is 5.41. The molecular weight excluding hydrogens is 256 g/mol. The van der Waals surface area contributed by atoms with Crippen LogP contribution in [0, 0.1) is 6.92 Å². The molecule has 0 saturated heterocycles. The lowest BCUT2D eigenvalue weighted by Gasteiger charge is -2.05. The van der Waals surface area contributed by atoms with Crippen LogP contribution in [0.4, 0.5) is 0 Å². The molecule has 0 aliphatic carbocycles. The lowest BCUT2D eigenvalue weighted by molar-refractivity contribution is -0.651. The van der Waals surface area contributed by atoms with Crippen molar-refractivity contribution in [2.45, 2.75) is 20.4 Å². The monoisotopic (exact) mass is 275 g/mol. The number of fused-ring (bicyclic) bond motifs is 6. The highest BCUT2D eigenvalue weighted by Gasteiger charge is 2.23. The van der Waals surface area contributed by atoms with Gasteiger partial charge in [0, 0.05) is 17.7 Å². The summed E-state index contributed by atoms with van der Waals surface area (Å²) in [7, 11) is 2.17. The van der Waals surface area contributed by atoms with Crippen LogP contribution in [-0.2, 0) is 13.6 Å². The number of imidazole rings is 1. The summed E-state index contributed by atoms with van der Waals surface area (Å²) in [6, 6.07) is 17.5. The summed E-state index contributed by atoms with van der Waals surface area (Å²) >= 11 is 0. The summed E-state index contributed by atoms with van der Waals surface area (Å²) in [6.07, 6.45) is 0. The maximum Gasteiger partial charge on any atom is 0.254 e. The van der Waals surface area contributed by atoms with Crippen molar-refractivity contribution in [1.29, 1.82) is 0 Å². The minimum Gasteiger partial charge on any atom is -0.230 e. The largest absolute Gasteiger partial charge is 0.254 e. The summed E-state index contributed by atoms with van der Waals surface area (Å²) < 4.78 is 4.75. The first-order chi connectivity index (χ1) is 10.2. The van der Waals surface area contributed by atoms with Gasteiger partial charge < -0.3 is 0 Å². The van der Waals surface area contributed by atoms with Crippen molar-refractivity contribution in [2.75, 3.05) is 0 Å². The van der Waals surface area contributed by atoms with Crippen LogP contribution in [0.5, 0.6) is 0 Å². The van der Waals surface area contributed by atoms with Crippen molar-refractivity contribution in [3.63, 3.8) is 0 Å². The van der Waals surface area contributed by atoms with Gasteiger partial charge in [0.25, 0.3) is 5.82 Å². The Bertz CT molecular complexity index is 993. The van der Waals surface area contributed by atoms with E-state index in [4.69, 9.17) is 0 Å². The second kappa shape index (κ2) is 4.32. The van der Waals surface area contributed by atoms with Gasteiger partial charge in [0.15, 0.2) is 11.0 Å². The minimum atomic E-state index is 0.992. The van der Waals surface area contributed by atoms with Crippen LogP contribution >= 0.6 is 0 Å². The summed E-state index contributed by atoms with van der Waals surface area (Å²) in [4.78, 5) is 0. The van der Waals surface area contributed by atoms with Crippen molar-refractivity contribution in [3.05, 3.63) is 54.4 Å². The molecule has 0 N–H and O–H groups in total. The predicted molar refractivity (Wildman–Crippen MR) is 88.5 cm³/mol. The van der Waals surface area contributed by atoms with Gasteiger partial charge in [-0.2, -0.15) is 0 Å². The topological polar surface area (TPSA) is 8.81 Å². The van der Waals surface area contributed by atoms with Gasteiger partial charge in [-0.15, -0.1) is 0 Å².